The Morgan fingerprint density at radius 3 is 2.23 bits per heavy atom. The standard InChI is InChI=1S/C24H19NO5/c1-29-21-12-5-2-8-18(21)15-30-24(28)17-9-6-7-16(13-17)14-25-22(26)19-10-3-4-11-20(19)23(25)27/h2-13H,14-15H2,1H3. The summed E-state index contributed by atoms with van der Waals surface area (Å²) in [5.41, 5.74) is 2.57. The molecule has 0 bridgehead atoms. The number of carbonyl (C=O) groups excluding carboxylic acids is 3. The molecule has 0 aromatic heterocycles. The van der Waals surface area contributed by atoms with E-state index in [2.05, 4.69) is 0 Å². The highest BCUT2D eigenvalue weighted by atomic mass is 16.5. The fraction of sp³-hybridized carbons (Fsp3) is 0.125. The van der Waals surface area contributed by atoms with Crippen molar-refractivity contribution in [2.45, 2.75) is 13.2 Å². The van der Waals surface area contributed by atoms with Crippen LogP contribution in [-0.2, 0) is 17.9 Å². The van der Waals surface area contributed by atoms with Crippen LogP contribution in [-0.4, -0.2) is 29.8 Å². The average molecular weight is 401 g/mol. The number of methoxy groups -OCH3 is 1. The van der Waals surface area contributed by atoms with Crippen LogP contribution in [0.2, 0.25) is 0 Å². The highest BCUT2D eigenvalue weighted by Gasteiger charge is 2.35. The first-order chi connectivity index (χ1) is 14.6. The molecule has 2 amide bonds. The topological polar surface area (TPSA) is 72.9 Å². The van der Waals surface area contributed by atoms with Crippen molar-refractivity contribution in [2.75, 3.05) is 7.11 Å². The molecule has 4 rings (SSSR count). The van der Waals surface area contributed by atoms with Crippen molar-refractivity contribution >= 4 is 17.8 Å². The summed E-state index contributed by atoms with van der Waals surface area (Å²) in [6.45, 7) is 0.158. The third-order valence-corrected chi connectivity index (χ3v) is 4.93. The first-order valence-electron chi connectivity index (χ1n) is 9.41. The maximum absolute atomic E-state index is 12.6. The van der Waals surface area contributed by atoms with E-state index >= 15 is 0 Å². The van der Waals surface area contributed by atoms with Crippen LogP contribution in [0.4, 0.5) is 0 Å². The number of rotatable bonds is 6. The van der Waals surface area contributed by atoms with Crippen LogP contribution in [0.3, 0.4) is 0 Å². The quantitative estimate of drug-likeness (QED) is 0.463. The average Bonchev–Trinajstić information content (AvgIpc) is 3.03. The Morgan fingerprint density at radius 1 is 0.867 bits per heavy atom. The molecule has 6 heteroatoms. The zero-order chi connectivity index (χ0) is 21.1. The number of imide groups is 1. The van der Waals surface area contributed by atoms with E-state index in [1.165, 1.54) is 4.90 Å². The minimum absolute atomic E-state index is 0.0749. The Balaban J connectivity index is 1.46. The van der Waals surface area contributed by atoms with Crippen molar-refractivity contribution in [3.8, 4) is 5.75 Å². The minimum atomic E-state index is -0.495. The molecule has 3 aromatic carbocycles. The smallest absolute Gasteiger partial charge is 0.338 e. The molecular formula is C24H19NO5. The van der Waals surface area contributed by atoms with E-state index in [9.17, 15) is 14.4 Å². The fourth-order valence-corrected chi connectivity index (χ4v) is 3.41. The van der Waals surface area contributed by atoms with Crippen LogP contribution < -0.4 is 4.74 Å². The maximum Gasteiger partial charge on any atom is 0.338 e. The van der Waals surface area contributed by atoms with Gasteiger partial charge in [0.1, 0.15) is 12.4 Å². The number of hydrogen-bond donors (Lipinski definition) is 0. The summed E-state index contributed by atoms with van der Waals surface area (Å²) in [5, 5.41) is 0. The van der Waals surface area contributed by atoms with E-state index in [-0.39, 0.29) is 25.0 Å². The molecule has 1 heterocycles. The van der Waals surface area contributed by atoms with Gasteiger partial charge in [-0.15, -0.1) is 0 Å². The highest BCUT2D eigenvalue weighted by Crippen LogP contribution is 2.24. The van der Waals surface area contributed by atoms with Crippen LogP contribution in [0, 0.1) is 0 Å². The molecule has 0 saturated heterocycles. The van der Waals surface area contributed by atoms with Crippen molar-refractivity contribution in [2.24, 2.45) is 0 Å². The van der Waals surface area contributed by atoms with Gasteiger partial charge < -0.3 is 9.47 Å². The van der Waals surface area contributed by atoms with Crippen molar-refractivity contribution in [1.29, 1.82) is 0 Å². The molecule has 0 atom stereocenters. The van der Waals surface area contributed by atoms with Crippen molar-refractivity contribution < 1.29 is 23.9 Å². The van der Waals surface area contributed by atoms with Gasteiger partial charge in [-0.3, -0.25) is 14.5 Å². The molecule has 30 heavy (non-hydrogen) atoms. The molecule has 0 radical (unpaired) electrons. The number of ether oxygens (including phenoxy) is 2. The number of fused-ring (bicyclic) bond motifs is 1. The van der Waals surface area contributed by atoms with Gasteiger partial charge in [-0.25, -0.2) is 4.79 Å². The summed E-state index contributed by atoms with van der Waals surface area (Å²) in [6.07, 6.45) is 0. The van der Waals surface area contributed by atoms with E-state index in [4.69, 9.17) is 9.47 Å². The predicted molar refractivity (Wildman–Crippen MR) is 109 cm³/mol. The molecular weight excluding hydrogens is 382 g/mol. The number of nitrogens with zero attached hydrogens (tertiary/aromatic N) is 1. The number of benzene rings is 3. The van der Waals surface area contributed by atoms with Gasteiger partial charge in [0, 0.05) is 5.56 Å². The second-order valence-electron chi connectivity index (χ2n) is 6.83. The van der Waals surface area contributed by atoms with Crippen molar-refractivity contribution in [3.05, 3.63) is 101 Å². The molecule has 0 N–H and O–H groups in total. The first-order valence-corrected chi connectivity index (χ1v) is 9.41. The molecule has 150 valence electrons. The third kappa shape index (κ3) is 3.67. The summed E-state index contributed by atoms with van der Waals surface area (Å²) >= 11 is 0. The van der Waals surface area contributed by atoms with Crippen molar-refractivity contribution in [1.82, 2.24) is 4.90 Å². The molecule has 1 aliphatic rings. The summed E-state index contributed by atoms with van der Waals surface area (Å²) in [7, 11) is 1.56. The predicted octanol–water partition coefficient (Wildman–Crippen LogP) is 3.85. The minimum Gasteiger partial charge on any atom is -0.496 e. The Morgan fingerprint density at radius 2 is 1.53 bits per heavy atom. The molecule has 0 saturated carbocycles. The second-order valence-corrected chi connectivity index (χ2v) is 6.83. The summed E-state index contributed by atoms with van der Waals surface area (Å²) in [5.74, 6) is -0.519. The monoisotopic (exact) mass is 401 g/mol. The van der Waals surface area contributed by atoms with E-state index in [1.807, 2.05) is 18.2 Å². The Kier molecular flexibility index (Phi) is 5.30. The zero-order valence-electron chi connectivity index (χ0n) is 16.3. The maximum atomic E-state index is 12.6. The van der Waals surface area contributed by atoms with Gasteiger partial charge in [-0.05, 0) is 35.9 Å². The van der Waals surface area contributed by atoms with Gasteiger partial charge in [-0.2, -0.15) is 0 Å². The molecule has 1 aliphatic heterocycles. The normalized spacial score (nSPS) is 12.6. The van der Waals surface area contributed by atoms with Crippen LogP contribution in [0.5, 0.6) is 5.75 Å². The lowest BCUT2D eigenvalue weighted by Crippen LogP contribution is -2.29. The van der Waals surface area contributed by atoms with Gasteiger partial charge in [0.25, 0.3) is 11.8 Å². The number of hydrogen-bond acceptors (Lipinski definition) is 5. The van der Waals surface area contributed by atoms with Crippen LogP contribution in [0.25, 0.3) is 0 Å². The Bertz CT molecular complexity index is 1100. The number of carbonyl (C=O) groups is 3. The molecule has 0 fully saturated rings. The Labute approximate surface area is 173 Å². The summed E-state index contributed by atoms with van der Waals surface area (Å²) in [6, 6.07) is 20.8. The molecule has 0 unspecified atom stereocenters. The SMILES string of the molecule is COc1ccccc1COC(=O)c1cccc(CN2C(=O)c3ccccc3C2=O)c1. The van der Waals surface area contributed by atoms with E-state index in [0.29, 0.717) is 28.0 Å². The highest BCUT2D eigenvalue weighted by molar-refractivity contribution is 6.21. The molecule has 0 aliphatic carbocycles. The van der Waals surface area contributed by atoms with E-state index in [0.717, 1.165) is 5.56 Å². The summed E-state index contributed by atoms with van der Waals surface area (Å²) in [4.78, 5) is 38.8. The molecule has 0 spiro atoms. The fourth-order valence-electron chi connectivity index (χ4n) is 3.41. The lowest BCUT2D eigenvalue weighted by molar-refractivity contribution is 0.0470. The number of para-hydroxylation sites is 1. The van der Waals surface area contributed by atoms with E-state index < -0.39 is 5.97 Å². The van der Waals surface area contributed by atoms with Gasteiger partial charge in [0.05, 0.1) is 30.3 Å². The summed E-state index contributed by atoms with van der Waals surface area (Å²) < 4.78 is 10.7. The lowest BCUT2D eigenvalue weighted by Gasteiger charge is -2.14. The van der Waals surface area contributed by atoms with Crippen LogP contribution >= 0.6 is 0 Å². The third-order valence-electron chi connectivity index (χ3n) is 4.93. The Hall–Kier alpha value is -3.93. The molecule has 3 aromatic rings. The largest absolute Gasteiger partial charge is 0.496 e. The zero-order valence-corrected chi connectivity index (χ0v) is 16.3. The van der Waals surface area contributed by atoms with Crippen molar-refractivity contribution in [3.63, 3.8) is 0 Å². The second kappa shape index (κ2) is 8.21. The van der Waals surface area contributed by atoms with Gasteiger partial charge in [0.15, 0.2) is 0 Å². The number of esters is 1. The lowest BCUT2D eigenvalue weighted by atomic mass is 10.1. The van der Waals surface area contributed by atoms with Crippen LogP contribution in [0.1, 0.15) is 42.2 Å². The van der Waals surface area contributed by atoms with Gasteiger partial charge in [0.2, 0.25) is 0 Å². The molecule has 6 nitrogen and oxygen atoms in total. The first kappa shape index (κ1) is 19.4. The van der Waals surface area contributed by atoms with E-state index in [1.54, 1.807) is 61.7 Å². The van der Waals surface area contributed by atoms with Gasteiger partial charge in [-0.1, -0.05) is 42.5 Å². The van der Waals surface area contributed by atoms with Gasteiger partial charge >= 0.3 is 5.97 Å². The number of amides is 2. The van der Waals surface area contributed by atoms with Crippen LogP contribution in [0.15, 0.2) is 72.8 Å².